The van der Waals surface area contributed by atoms with Crippen LogP contribution < -0.4 is 0 Å². The van der Waals surface area contributed by atoms with Crippen LogP contribution in [0.5, 0.6) is 0 Å². The van der Waals surface area contributed by atoms with E-state index in [1.54, 1.807) is 34.9 Å². The molecule has 2 atom stereocenters. The van der Waals surface area contributed by atoms with Crippen molar-refractivity contribution in [1.82, 2.24) is 14.8 Å². The Balaban J connectivity index is 1.81. The quantitative estimate of drug-likeness (QED) is 0.268. The van der Waals surface area contributed by atoms with Crippen molar-refractivity contribution in [3.63, 3.8) is 0 Å². The molecular weight excluding hydrogens is 492 g/mol. The molecule has 0 aliphatic heterocycles. The summed E-state index contributed by atoms with van der Waals surface area (Å²) in [5.41, 5.74) is 0.829. The minimum Gasteiger partial charge on any atom is -0.478 e. The van der Waals surface area contributed by atoms with Gasteiger partial charge in [0, 0.05) is 29.1 Å². The third-order valence-electron chi connectivity index (χ3n) is 7.60. The molecule has 9 heteroatoms. The molecule has 2 aromatic heterocycles. The fourth-order valence-corrected chi connectivity index (χ4v) is 5.86. The van der Waals surface area contributed by atoms with Crippen LogP contribution in [0.1, 0.15) is 41.7 Å². The van der Waals surface area contributed by atoms with Crippen LogP contribution >= 0.6 is 0 Å². The maximum absolute atomic E-state index is 16.3. The SMILES string of the molecule is COC1CCCCC1(O)c1c(-c2ccc(C(=O)O)cc2)c2c(F)c3[nH]ncc3cc2n1-c1cccc(F)c1. The lowest BCUT2D eigenvalue weighted by atomic mass is 9.77. The Morgan fingerprint density at radius 1 is 1.16 bits per heavy atom. The molecule has 3 aromatic carbocycles. The van der Waals surface area contributed by atoms with Gasteiger partial charge in [0.1, 0.15) is 16.9 Å². The van der Waals surface area contributed by atoms with E-state index >= 15 is 4.39 Å². The summed E-state index contributed by atoms with van der Waals surface area (Å²) in [4.78, 5) is 11.5. The lowest BCUT2D eigenvalue weighted by Crippen LogP contribution is -2.45. The highest BCUT2D eigenvalue weighted by atomic mass is 19.1. The Labute approximate surface area is 216 Å². The molecule has 2 heterocycles. The van der Waals surface area contributed by atoms with E-state index in [1.165, 1.54) is 37.6 Å². The summed E-state index contributed by atoms with van der Waals surface area (Å²) in [6.07, 6.45) is 3.41. The van der Waals surface area contributed by atoms with E-state index in [2.05, 4.69) is 10.2 Å². The zero-order valence-electron chi connectivity index (χ0n) is 20.5. The first-order valence-electron chi connectivity index (χ1n) is 12.4. The van der Waals surface area contributed by atoms with Crippen molar-refractivity contribution in [3.8, 4) is 16.8 Å². The van der Waals surface area contributed by atoms with Crippen LogP contribution in [0.25, 0.3) is 38.6 Å². The highest BCUT2D eigenvalue weighted by molar-refractivity contribution is 6.06. The number of carboxylic acid groups (broad SMARTS) is 1. The first-order valence-corrected chi connectivity index (χ1v) is 12.4. The van der Waals surface area contributed by atoms with Gasteiger partial charge in [0.05, 0.1) is 29.1 Å². The maximum atomic E-state index is 16.3. The Hall–Kier alpha value is -4.08. The van der Waals surface area contributed by atoms with Gasteiger partial charge < -0.3 is 19.5 Å². The molecule has 0 saturated heterocycles. The number of rotatable bonds is 5. The van der Waals surface area contributed by atoms with Crippen LogP contribution in [-0.2, 0) is 10.3 Å². The highest BCUT2D eigenvalue weighted by Crippen LogP contribution is 2.49. The molecule has 5 aromatic rings. The number of nitrogens with one attached hydrogen (secondary N) is 1. The zero-order valence-corrected chi connectivity index (χ0v) is 20.5. The average molecular weight is 518 g/mol. The molecule has 194 valence electrons. The molecule has 0 spiro atoms. The van der Waals surface area contributed by atoms with Gasteiger partial charge >= 0.3 is 5.97 Å². The van der Waals surface area contributed by atoms with Gasteiger partial charge in [-0.3, -0.25) is 5.10 Å². The van der Waals surface area contributed by atoms with Gasteiger partial charge in [0.15, 0.2) is 5.82 Å². The van der Waals surface area contributed by atoms with Crippen molar-refractivity contribution >= 4 is 27.8 Å². The topological polar surface area (TPSA) is 100 Å². The Morgan fingerprint density at radius 2 is 1.95 bits per heavy atom. The predicted molar refractivity (Wildman–Crippen MR) is 138 cm³/mol. The van der Waals surface area contributed by atoms with Crippen molar-refractivity contribution in [2.24, 2.45) is 0 Å². The minimum atomic E-state index is -1.54. The number of aromatic nitrogens is 3. The second-order valence-electron chi connectivity index (χ2n) is 9.73. The molecule has 1 fully saturated rings. The van der Waals surface area contributed by atoms with Gasteiger partial charge in [-0.1, -0.05) is 24.6 Å². The normalized spacial score (nSPS) is 19.8. The Kier molecular flexibility index (Phi) is 5.77. The third kappa shape index (κ3) is 3.61. The van der Waals surface area contributed by atoms with Crippen molar-refractivity contribution in [1.29, 1.82) is 0 Å². The van der Waals surface area contributed by atoms with Crippen molar-refractivity contribution < 1.29 is 28.5 Å². The van der Waals surface area contributed by atoms with Crippen LogP contribution in [0.2, 0.25) is 0 Å². The number of carbonyl (C=O) groups is 1. The molecule has 0 bridgehead atoms. The second kappa shape index (κ2) is 9.04. The number of methoxy groups -OCH3 is 1. The number of halogens is 2. The molecule has 1 saturated carbocycles. The molecule has 0 amide bonds. The second-order valence-corrected chi connectivity index (χ2v) is 9.73. The van der Waals surface area contributed by atoms with Gasteiger partial charge in [-0.25, -0.2) is 13.6 Å². The Bertz CT molecular complexity index is 1690. The molecular formula is C29H25F2N3O4. The maximum Gasteiger partial charge on any atom is 0.335 e. The molecule has 38 heavy (non-hydrogen) atoms. The number of aromatic amines is 1. The summed E-state index contributed by atoms with van der Waals surface area (Å²) in [5, 5.41) is 29.3. The van der Waals surface area contributed by atoms with Gasteiger partial charge in [0.2, 0.25) is 0 Å². The highest BCUT2D eigenvalue weighted by Gasteiger charge is 2.46. The molecule has 7 nitrogen and oxygen atoms in total. The fraction of sp³-hybridized carbons (Fsp3) is 0.241. The summed E-state index contributed by atoms with van der Waals surface area (Å²) < 4.78 is 38.4. The van der Waals surface area contributed by atoms with Crippen LogP contribution in [-0.4, -0.2) is 44.2 Å². The van der Waals surface area contributed by atoms with E-state index in [1.807, 2.05) is 0 Å². The first kappa shape index (κ1) is 24.3. The van der Waals surface area contributed by atoms with Crippen molar-refractivity contribution in [2.75, 3.05) is 7.11 Å². The van der Waals surface area contributed by atoms with Gasteiger partial charge in [-0.15, -0.1) is 0 Å². The average Bonchev–Trinajstić information content (AvgIpc) is 3.53. The summed E-state index contributed by atoms with van der Waals surface area (Å²) in [6, 6.07) is 13.8. The lowest BCUT2D eigenvalue weighted by Gasteiger charge is -2.40. The van der Waals surface area contributed by atoms with Crippen molar-refractivity contribution in [3.05, 3.63) is 83.7 Å². The molecule has 1 aliphatic carbocycles. The molecule has 0 radical (unpaired) electrons. The number of hydrogen-bond acceptors (Lipinski definition) is 4. The smallest absolute Gasteiger partial charge is 0.335 e. The number of aliphatic hydroxyl groups is 1. The van der Waals surface area contributed by atoms with Crippen LogP contribution in [0.4, 0.5) is 8.78 Å². The van der Waals surface area contributed by atoms with Crippen LogP contribution in [0.3, 0.4) is 0 Å². The van der Waals surface area contributed by atoms with E-state index in [9.17, 15) is 19.4 Å². The van der Waals surface area contributed by atoms with Gasteiger partial charge in [-0.05, 0) is 61.2 Å². The monoisotopic (exact) mass is 517 g/mol. The zero-order chi connectivity index (χ0) is 26.6. The van der Waals surface area contributed by atoms with E-state index in [4.69, 9.17) is 4.74 Å². The van der Waals surface area contributed by atoms with E-state index in [-0.39, 0.29) is 16.5 Å². The molecule has 6 rings (SSSR count). The largest absolute Gasteiger partial charge is 0.478 e. The number of nitrogens with zero attached hydrogens (tertiary/aromatic N) is 2. The number of aromatic carboxylic acids is 1. The van der Waals surface area contributed by atoms with E-state index in [0.717, 1.165) is 6.42 Å². The van der Waals surface area contributed by atoms with Gasteiger partial charge in [0.25, 0.3) is 0 Å². The summed E-state index contributed by atoms with van der Waals surface area (Å²) in [7, 11) is 1.53. The fourth-order valence-electron chi connectivity index (χ4n) is 5.86. The summed E-state index contributed by atoms with van der Waals surface area (Å²) in [5.74, 6) is -2.14. The number of ether oxygens (including phenoxy) is 1. The first-order chi connectivity index (χ1) is 18.3. The number of hydrogen-bond donors (Lipinski definition) is 3. The number of carboxylic acids is 1. The summed E-state index contributed by atoms with van der Waals surface area (Å²) >= 11 is 0. The van der Waals surface area contributed by atoms with Crippen molar-refractivity contribution in [2.45, 2.75) is 37.4 Å². The standard InChI is InChI=1S/C29H25F2N3O4/c1-38-22-7-2-3-12-29(22,37)27-23(16-8-10-17(11-9-16)28(35)36)24-21(13-18-15-32-33-26(18)25(24)31)34(27)20-6-4-5-19(30)14-20/h4-6,8-11,13-15,22,37H,2-3,7,12H2,1H3,(H,32,33)(H,35,36). The van der Waals surface area contributed by atoms with Crippen LogP contribution in [0.15, 0.2) is 60.8 Å². The minimum absolute atomic E-state index is 0.0757. The molecule has 2 unspecified atom stereocenters. The van der Waals surface area contributed by atoms with Crippen LogP contribution in [0, 0.1) is 11.6 Å². The number of benzene rings is 3. The molecule has 3 N–H and O–H groups in total. The molecule has 1 aliphatic rings. The Morgan fingerprint density at radius 3 is 2.66 bits per heavy atom. The van der Waals surface area contributed by atoms with E-state index < -0.39 is 29.3 Å². The third-order valence-corrected chi connectivity index (χ3v) is 7.60. The predicted octanol–water partition coefficient (Wildman–Crippen LogP) is 5.93. The van der Waals surface area contributed by atoms with Gasteiger partial charge in [-0.2, -0.15) is 5.10 Å². The van der Waals surface area contributed by atoms with E-state index in [0.29, 0.717) is 52.7 Å². The summed E-state index contributed by atoms with van der Waals surface area (Å²) in [6.45, 7) is 0. The number of fused-ring (bicyclic) bond motifs is 2. The lowest BCUT2D eigenvalue weighted by molar-refractivity contribution is -0.125. The number of H-pyrrole nitrogens is 1.